The molecule has 0 aromatic carbocycles. The molecule has 2 aromatic rings. The summed E-state index contributed by atoms with van der Waals surface area (Å²) in [6, 6.07) is 1.31. The first-order valence-electron chi connectivity index (χ1n) is 2.60. The Morgan fingerprint density at radius 3 is 3.20 bits per heavy atom. The number of pyridine rings is 1. The minimum absolute atomic E-state index is 0.375. The fraction of sp³-hybridized carbons (Fsp3) is 0. The lowest BCUT2D eigenvalue weighted by Gasteiger charge is -1.83. The first-order valence-corrected chi connectivity index (χ1v) is 3.33. The van der Waals surface area contributed by atoms with E-state index in [2.05, 4.69) is 13.7 Å². The van der Waals surface area contributed by atoms with Crippen LogP contribution < -0.4 is 0 Å². The van der Waals surface area contributed by atoms with Gasteiger partial charge < -0.3 is 0 Å². The summed E-state index contributed by atoms with van der Waals surface area (Å²) in [5.41, 5.74) is 1.02. The molecule has 50 valence electrons. The van der Waals surface area contributed by atoms with Crippen LogP contribution in [-0.4, -0.2) is 13.7 Å². The number of halogens is 1. The van der Waals surface area contributed by atoms with Crippen molar-refractivity contribution in [1.29, 1.82) is 0 Å². The zero-order valence-corrected chi connectivity index (χ0v) is 5.60. The first-order chi connectivity index (χ1) is 4.86. The lowest BCUT2D eigenvalue weighted by molar-refractivity contribution is 0.624. The molecule has 0 bridgehead atoms. The van der Waals surface area contributed by atoms with E-state index in [0.29, 0.717) is 11.2 Å². The third kappa shape index (κ3) is 0.750. The first kappa shape index (κ1) is 5.67. The van der Waals surface area contributed by atoms with Gasteiger partial charge in [-0.2, -0.15) is 8.75 Å². The summed E-state index contributed by atoms with van der Waals surface area (Å²) in [6.07, 6.45) is 1.13. The smallest absolute Gasteiger partial charge is 0.193 e. The molecule has 0 atom stereocenters. The number of aromatic nitrogens is 3. The maximum atomic E-state index is 12.4. The Labute approximate surface area is 59.9 Å². The lowest BCUT2D eigenvalue weighted by Crippen LogP contribution is -1.78. The fourth-order valence-electron chi connectivity index (χ4n) is 0.662. The second kappa shape index (κ2) is 1.95. The average molecular weight is 155 g/mol. The number of hydrogen-bond donors (Lipinski definition) is 0. The molecule has 0 unspecified atom stereocenters. The lowest BCUT2D eigenvalue weighted by atomic mass is 10.4. The van der Waals surface area contributed by atoms with Gasteiger partial charge in [0.15, 0.2) is 5.65 Å². The molecule has 2 heterocycles. The molecule has 0 aliphatic rings. The summed E-state index contributed by atoms with van der Waals surface area (Å²) in [4.78, 5) is 3.70. The van der Waals surface area contributed by atoms with Crippen molar-refractivity contribution in [2.45, 2.75) is 0 Å². The Kier molecular flexibility index (Phi) is 1.10. The third-order valence-electron chi connectivity index (χ3n) is 1.08. The SMILES string of the molecule is Fc1cnc2nsnc2c1. The van der Waals surface area contributed by atoms with Gasteiger partial charge in [0, 0.05) is 6.07 Å². The molecule has 2 aromatic heterocycles. The highest BCUT2D eigenvalue weighted by Crippen LogP contribution is 2.08. The van der Waals surface area contributed by atoms with Crippen LogP contribution >= 0.6 is 11.7 Å². The van der Waals surface area contributed by atoms with Crippen LogP contribution in [0.5, 0.6) is 0 Å². The standard InChI is InChI=1S/C5H2FN3S/c6-3-1-4-5(7-2-3)9-10-8-4/h1-2H. The topological polar surface area (TPSA) is 38.7 Å². The molecule has 0 saturated carbocycles. The van der Waals surface area contributed by atoms with Crippen molar-refractivity contribution in [3.05, 3.63) is 18.1 Å². The highest BCUT2D eigenvalue weighted by molar-refractivity contribution is 7.00. The van der Waals surface area contributed by atoms with E-state index in [-0.39, 0.29) is 5.82 Å². The van der Waals surface area contributed by atoms with E-state index < -0.39 is 0 Å². The van der Waals surface area contributed by atoms with Gasteiger partial charge in [0.2, 0.25) is 0 Å². The van der Waals surface area contributed by atoms with Gasteiger partial charge in [-0.1, -0.05) is 0 Å². The van der Waals surface area contributed by atoms with E-state index in [9.17, 15) is 4.39 Å². The quantitative estimate of drug-likeness (QED) is 0.574. The summed E-state index contributed by atoms with van der Waals surface area (Å²) in [6.45, 7) is 0. The molecule has 0 aliphatic carbocycles. The van der Waals surface area contributed by atoms with Gasteiger partial charge in [-0.25, -0.2) is 9.37 Å². The molecule has 2 rings (SSSR count). The minimum Gasteiger partial charge on any atom is -0.231 e. The molecule has 0 aliphatic heterocycles. The molecule has 0 amide bonds. The summed E-state index contributed by atoms with van der Waals surface area (Å²) < 4.78 is 20.0. The number of hydrogen-bond acceptors (Lipinski definition) is 4. The van der Waals surface area contributed by atoms with Crippen LogP contribution in [0.25, 0.3) is 11.2 Å². The molecule has 5 heteroatoms. The Morgan fingerprint density at radius 2 is 2.30 bits per heavy atom. The Hall–Kier alpha value is -1.10. The van der Waals surface area contributed by atoms with Crippen molar-refractivity contribution in [2.24, 2.45) is 0 Å². The summed E-state index contributed by atoms with van der Waals surface area (Å²) in [7, 11) is 0. The van der Waals surface area contributed by atoms with Gasteiger partial charge >= 0.3 is 0 Å². The monoisotopic (exact) mass is 155 g/mol. The van der Waals surface area contributed by atoms with E-state index in [1.807, 2.05) is 0 Å². The molecular weight excluding hydrogens is 153 g/mol. The minimum atomic E-state index is -0.375. The number of nitrogens with zero attached hydrogens (tertiary/aromatic N) is 3. The molecule has 0 radical (unpaired) electrons. The van der Waals surface area contributed by atoms with Gasteiger partial charge in [0.25, 0.3) is 0 Å². The van der Waals surface area contributed by atoms with Crippen LogP contribution in [-0.2, 0) is 0 Å². The van der Waals surface area contributed by atoms with Gasteiger partial charge in [-0.3, -0.25) is 0 Å². The maximum absolute atomic E-state index is 12.4. The van der Waals surface area contributed by atoms with Crippen molar-refractivity contribution in [1.82, 2.24) is 13.7 Å². The molecule has 0 N–H and O–H groups in total. The van der Waals surface area contributed by atoms with E-state index in [4.69, 9.17) is 0 Å². The Bertz CT molecular complexity index is 358. The van der Waals surface area contributed by atoms with Crippen molar-refractivity contribution < 1.29 is 4.39 Å². The zero-order chi connectivity index (χ0) is 6.97. The molecule has 0 fully saturated rings. The zero-order valence-electron chi connectivity index (χ0n) is 4.78. The number of rotatable bonds is 0. The van der Waals surface area contributed by atoms with Gasteiger partial charge in [-0.15, -0.1) is 0 Å². The van der Waals surface area contributed by atoms with Crippen LogP contribution in [0.1, 0.15) is 0 Å². The van der Waals surface area contributed by atoms with Gasteiger partial charge in [0.05, 0.1) is 17.9 Å². The second-order valence-corrected chi connectivity index (χ2v) is 2.29. The largest absolute Gasteiger partial charge is 0.231 e. The third-order valence-corrected chi connectivity index (χ3v) is 1.61. The van der Waals surface area contributed by atoms with E-state index in [0.717, 1.165) is 17.9 Å². The average Bonchev–Trinajstić information content (AvgIpc) is 2.33. The van der Waals surface area contributed by atoms with Gasteiger partial charge in [-0.05, 0) is 0 Å². The summed E-state index contributed by atoms with van der Waals surface area (Å²) in [5, 5.41) is 0. The summed E-state index contributed by atoms with van der Waals surface area (Å²) in [5.74, 6) is -0.375. The van der Waals surface area contributed by atoms with E-state index in [1.54, 1.807) is 0 Å². The highest BCUT2D eigenvalue weighted by atomic mass is 32.1. The van der Waals surface area contributed by atoms with Crippen molar-refractivity contribution >= 4 is 22.9 Å². The molecule has 0 saturated heterocycles. The second-order valence-electron chi connectivity index (χ2n) is 1.76. The molecular formula is C5H2FN3S. The van der Waals surface area contributed by atoms with Crippen LogP contribution in [0.3, 0.4) is 0 Å². The molecule has 3 nitrogen and oxygen atoms in total. The van der Waals surface area contributed by atoms with Crippen molar-refractivity contribution in [2.75, 3.05) is 0 Å². The Morgan fingerprint density at radius 1 is 1.40 bits per heavy atom. The maximum Gasteiger partial charge on any atom is 0.193 e. The van der Waals surface area contributed by atoms with Crippen LogP contribution in [0, 0.1) is 5.82 Å². The van der Waals surface area contributed by atoms with E-state index >= 15 is 0 Å². The summed E-state index contributed by atoms with van der Waals surface area (Å²) >= 11 is 1.03. The highest BCUT2D eigenvalue weighted by Gasteiger charge is 1.98. The Balaban J connectivity index is 2.86. The van der Waals surface area contributed by atoms with Crippen molar-refractivity contribution in [3.8, 4) is 0 Å². The van der Waals surface area contributed by atoms with Crippen LogP contribution in [0.15, 0.2) is 12.3 Å². The predicted molar refractivity (Wildman–Crippen MR) is 35.2 cm³/mol. The van der Waals surface area contributed by atoms with Crippen LogP contribution in [0.4, 0.5) is 4.39 Å². The van der Waals surface area contributed by atoms with E-state index in [1.165, 1.54) is 6.07 Å². The van der Waals surface area contributed by atoms with Crippen LogP contribution in [0.2, 0.25) is 0 Å². The van der Waals surface area contributed by atoms with Crippen molar-refractivity contribution in [3.63, 3.8) is 0 Å². The fourth-order valence-corrected chi connectivity index (χ4v) is 1.14. The molecule has 0 spiro atoms. The predicted octanol–water partition coefficient (Wildman–Crippen LogP) is 1.23. The number of fused-ring (bicyclic) bond motifs is 1. The van der Waals surface area contributed by atoms with Gasteiger partial charge in [0.1, 0.15) is 11.3 Å². The normalized spacial score (nSPS) is 10.5. The molecule has 10 heavy (non-hydrogen) atoms.